The Morgan fingerprint density at radius 1 is 1.05 bits per heavy atom. The number of aliphatic hydroxyl groups is 1. The molecule has 116 valence electrons. The molecule has 1 saturated carbocycles. The van der Waals surface area contributed by atoms with E-state index in [9.17, 15) is 5.11 Å². The minimum absolute atomic E-state index is 0.472. The molecule has 0 amide bonds. The average Bonchev–Trinajstić information content (AvgIpc) is 2.80. The van der Waals surface area contributed by atoms with E-state index in [1.807, 2.05) is 18.2 Å². The minimum atomic E-state index is -0.628. The van der Waals surface area contributed by atoms with Crippen LogP contribution in [0.2, 0.25) is 0 Å². The molecule has 21 heavy (non-hydrogen) atoms. The van der Waals surface area contributed by atoms with Gasteiger partial charge in [-0.2, -0.15) is 0 Å². The van der Waals surface area contributed by atoms with Crippen molar-refractivity contribution < 1.29 is 19.3 Å². The molecule has 1 unspecified atom stereocenters. The Morgan fingerprint density at radius 3 is 2.38 bits per heavy atom. The van der Waals surface area contributed by atoms with Crippen molar-refractivity contribution in [1.82, 2.24) is 0 Å². The van der Waals surface area contributed by atoms with Gasteiger partial charge in [-0.3, -0.25) is 0 Å². The van der Waals surface area contributed by atoms with Crippen LogP contribution in [0.1, 0.15) is 50.2 Å². The Kier molecular flexibility index (Phi) is 4.36. The molecule has 0 saturated heterocycles. The van der Waals surface area contributed by atoms with Crippen LogP contribution in [-0.2, 0) is 4.74 Å². The molecule has 1 aromatic carbocycles. The third-order valence-corrected chi connectivity index (χ3v) is 4.74. The van der Waals surface area contributed by atoms with Gasteiger partial charge >= 0.3 is 0 Å². The second-order valence-corrected chi connectivity index (χ2v) is 5.99. The van der Waals surface area contributed by atoms with Gasteiger partial charge in [-0.05, 0) is 30.5 Å². The molecular formula is C17H24O4. The van der Waals surface area contributed by atoms with Crippen molar-refractivity contribution in [1.29, 1.82) is 0 Å². The summed E-state index contributed by atoms with van der Waals surface area (Å²) in [5.74, 6) is 1.47. The lowest BCUT2D eigenvalue weighted by Gasteiger charge is -2.36. The number of aliphatic hydroxyl groups excluding tert-OH is 1. The number of hydrogen-bond donors (Lipinski definition) is 1. The largest absolute Gasteiger partial charge is 0.486 e. The van der Waals surface area contributed by atoms with Crippen LogP contribution in [0.4, 0.5) is 0 Å². The van der Waals surface area contributed by atoms with Gasteiger partial charge in [-0.15, -0.1) is 0 Å². The maximum atomic E-state index is 10.9. The molecule has 1 fully saturated rings. The first-order chi connectivity index (χ1) is 10.2. The summed E-state index contributed by atoms with van der Waals surface area (Å²) < 4.78 is 17.0. The van der Waals surface area contributed by atoms with E-state index < -0.39 is 11.7 Å². The van der Waals surface area contributed by atoms with Crippen molar-refractivity contribution in [2.75, 3.05) is 20.3 Å². The molecule has 4 heteroatoms. The standard InChI is InChI=1S/C17H24O4/c1-19-17(8-4-2-3-5-9-17)16(18)13-6-7-14-15(12-13)21-11-10-20-14/h6-7,12,16,18H,2-5,8-11H2,1H3. The molecule has 1 aliphatic heterocycles. The van der Waals surface area contributed by atoms with Gasteiger partial charge in [-0.25, -0.2) is 0 Å². The van der Waals surface area contributed by atoms with E-state index in [0.717, 1.165) is 42.7 Å². The highest BCUT2D eigenvalue weighted by molar-refractivity contribution is 5.44. The number of methoxy groups -OCH3 is 1. The molecule has 1 aromatic rings. The van der Waals surface area contributed by atoms with Crippen molar-refractivity contribution in [3.63, 3.8) is 0 Å². The number of ether oxygens (including phenoxy) is 3. The molecule has 0 aromatic heterocycles. The van der Waals surface area contributed by atoms with Crippen LogP contribution < -0.4 is 9.47 Å². The molecule has 1 aliphatic carbocycles. The summed E-state index contributed by atoms with van der Waals surface area (Å²) in [7, 11) is 1.71. The monoisotopic (exact) mass is 292 g/mol. The van der Waals surface area contributed by atoms with E-state index >= 15 is 0 Å². The highest BCUT2D eigenvalue weighted by Gasteiger charge is 2.39. The molecule has 3 rings (SSSR count). The zero-order valence-electron chi connectivity index (χ0n) is 12.6. The van der Waals surface area contributed by atoms with E-state index in [-0.39, 0.29) is 0 Å². The first-order valence-corrected chi connectivity index (χ1v) is 7.88. The van der Waals surface area contributed by atoms with Gasteiger partial charge in [-0.1, -0.05) is 31.7 Å². The highest BCUT2D eigenvalue weighted by Crippen LogP contribution is 2.42. The van der Waals surface area contributed by atoms with Gasteiger partial charge in [0.05, 0.1) is 5.60 Å². The van der Waals surface area contributed by atoms with Gasteiger partial charge in [0.15, 0.2) is 11.5 Å². The molecule has 1 N–H and O–H groups in total. The first kappa shape index (κ1) is 14.7. The van der Waals surface area contributed by atoms with Gasteiger partial charge in [0.2, 0.25) is 0 Å². The Morgan fingerprint density at radius 2 is 1.71 bits per heavy atom. The van der Waals surface area contributed by atoms with Crippen molar-refractivity contribution in [2.45, 2.75) is 50.2 Å². The molecule has 4 nitrogen and oxygen atoms in total. The van der Waals surface area contributed by atoms with Crippen LogP contribution in [0.25, 0.3) is 0 Å². The SMILES string of the molecule is COC1(C(O)c2ccc3c(c2)OCCO3)CCCCCC1. The summed E-state index contributed by atoms with van der Waals surface area (Å²) in [4.78, 5) is 0. The Bertz CT molecular complexity index is 478. The van der Waals surface area contributed by atoms with E-state index in [4.69, 9.17) is 14.2 Å². The van der Waals surface area contributed by atoms with E-state index in [1.165, 1.54) is 12.8 Å². The van der Waals surface area contributed by atoms with Crippen molar-refractivity contribution in [2.24, 2.45) is 0 Å². The lowest BCUT2D eigenvalue weighted by molar-refractivity contribution is -0.114. The fraction of sp³-hybridized carbons (Fsp3) is 0.647. The quantitative estimate of drug-likeness (QED) is 0.869. The first-order valence-electron chi connectivity index (χ1n) is 7.88. The van der Waals surface area contributed by atoms with Crippen molar-refractivity contribution in [3.05, 3.63) is 23.8 Å². The van der Waals surface area contributed by atoms with Crippen LogP contribution in [-0.4, -0.2) is 31.0 Å². The fourth-order valence-electron chi connectivity index (χ4n) is 3.45. The Balaban J connectivity index is 1.87. The summed E-state index contributed by atoms with van der Waals surface area (Å²) in [6.07, 6.45) is 5.83. The van der Waals surface area contributed by atoms with E-state index in [2.05, 4.69) is 0 Å². The van der Waals surface area contributed by atoms with E-state index in [1.54, 1.807) is 7.11 Å². The number of hydrogen-bond acceptors (Lipinski definition) is 4. The van der Waals surface area contributed by atoms with Gasteiger partial charge < -0.3 is 19.3 Å². The number of rotatable bonds is 3. The van der Waals surface area contributed by atoms with Gasteiger partial charge in [0, 0.05) is 7.11 Å². The summed E-state index contributed by atoms with van der Waals surface area (Å²) in [6, 6.07) is 5.70. The Labute approximate surface area is 126 Å². The average molecular weight is 292 g/mol. The van der Waals surface area contributed by atoms with Gasteiger partial charge in [0.25, 0.3) is 0 Å². The number of fused-ring (bicyclic) bond motifs is 1. The van der Waals surface area contributed by atoms with Crippen molar-refractivity contribution in [3.8, 4) is 11.5 Å². The molecule has 0 radical (unpaired) electrons. The molecule has 0 spiro atoms. The third kappa shape index (κ3) is 2.87. The van der Waals surface area contributed by atoms with E-state index in [0.29, 0.717) is 13.2 Å². The van der Waals surface area contributed by atoms with Crippen LogP contribution in [0.5, 0.6) is 11.5 Å². The van der Waals surface area contributed by atoms with Crippen LogP contribution in [0.3, 0.4) is 0 Å². The second-order valence-electron chi connectivity index (χ2n) is 5.99. The maximum Gasteiger partial charge on any atom is 0.161 e. The minimum Gasteiger partial charge on any atom is -0.486 e. The molecule has 1 heterocycles. The topological polar surface area (TPSA) is 47.9 Å². The van der Waals surface area contributed by atoms with Crippen LogP contribution in [0.15, 0.2) is 18.2 Å². The maximum absolute atomic E-state index is 10.9. The highest BCUT2D eigenvalue weighted by atomic mass is 16.6. The molecule has 0 bridgehead atoms. The zero-order chi connectivity index (χ0) is 14.7. The van der Waals surface area contributed by atoms with Crippen molar-refractivity contribution >= 4 is 0 Å². The number of benzene rings is 1. The normalized spacial score (nSPS) is 22.4. The summed E-state index contributed by atoms with van der Waals surface area (Å²) in [5.41, 5.74) is 0.378. The Hall–Kier alpha value is -1.26. The van der Waals surface area contributed by atoms with Crippen LogP contribution >= 0.6 is 0 Å². The fourth-order valence-corrected chi connectivity index (χ4v) is 3.45. The van der Waals surface area contributed by atoms with Crippen LogP contribution in [0, 0.1) is 0 Å². The summed E-state index contributed by atoms with van der Waals surface area (Å²) in [5, 5.41) is 10.9. The molecule has 2 aliphatic rings. The summed E-state index contributed by atoms with van der Waals surface area (Å²) >= 11 is 0. The summed E-state index contributed by atoms with van der Waals surface area (Å²) in [6.45, 7) is 1.14. The lowest BCUT2D eigenvalue weighted by Crippen LogP contribution is -2.38. The predicted molar refractivity (Wildman–Crippen MR) is 79.8 cm³/mol. The zero-order valence-corrected chi connectivity index (χ0v) is 12.6. The molecule has 1 atom stereocenters. The van der Waals surface area contributed by atoms with Gasteiger partial charge in [0.1, 0.15) is 19.3 Å². The second kappa shape index (κ2) is 6.24. The lowest BCUT2D eigenvalue weighted by atomic mass is 9.84. The third-order valence-electron chi connectivity index (χ3n) is 4.74. The predicted octanol–water partition coefficient (Wildman–Crippen LogP) is 3.23. The molecular weight excluding hydrogens is 268 g/mol. The smallest absolute Gasteiger partial charge is 0.161 e.